The third kappa shape index (κ3) is 5.36. The summed E-state index contributed by atoms with van der Waals surface area (Å²) in [5, 5.41) is 15.9. The molecule has 0 aliphatic rings. The van der Waals surface area contributed by atoms with Gasteiger partial charge < -0.3 is 5.32 Å². The normalized spacial score (nSPS) is 10.9. The van der Waals surface area contributed by atoms with Gasteiger partial charge in [-0.25, -0.2) is 4.98 Å². The average molecular weight is 532 g/mol. The number of aryl methyl sites for hydroxylation is 1. The van der Waals surface area contributed by atoms with Crippen molar-refractivity contribution in [2.75, 3.05) is 0 Å². The third-order valence-electron chi connectivity index (χ3n) is 5.51. The first-order chi connectivity index (χ1) is 17.6. The van der Waals surface area contributed by atoms with Gasteiger partial charge in [-0.1, -0.05) is 84.0 Å². The lowest BCUT2D eigenvalue weighted by Gasteiger charge is -2.13. The Morgan fingerprint density at radius 3 is 2.56 bits per heavy atom. The summed E-state index contributed by atoms with van der Waals surface area (Å²) in [5.74, 6) is 1.05. The highest BCUT2D eigenvalue weighted by Gasteiger charge is 2.20. The molecule has 6 nitrogen and oxygen atoms in total. The highest BCUT2D eigenvalue weighted by molar-refractivity contribution is 7.98. The monoisotopic (exact) mass is 531 g/mol. The topological polar surface area (TPSA) is 72.7 Å². The Kier molecular flexibility index (Phi) is 7.46. The zero-order valence-corrected chi connectivity index (χ0v) is 21.8. The van der Waals surface area contributed by atoms with E-state index in [0.717, 1.165) is 32.5 Å². The fourth-order valence-electron chi connectivity index (χ4n) is 3.69. The van der Waals surface area contributed by atoms with Crippen LogP contribution in [0.25, 0.3) is 17.1 Å². The average Bonchev–Trinajstić information content (AvgIpc) is 3.55. The van der Waals surface area contributed by atoms with E-state index >= 15 is 0 Å². The second-order valence-electron chi connectivity index (χ2n) is 7.99. The zero-order chi connectivity index (χ0) is 24.9. The Bertz CT molecular complexity index is 1500. The molecule has 0 aliphatic carbocycles. The van der Waals surface area contributed by atoms with E-state index in [4.69, 9.17) is 11.6 Å². The summed E-state index contributed by atoms with van der Waals surface area (Å²) in [6.45, 7) is 2.52. The minimum atomic E-state index is -0.185. The fraction of sp³-hybridized carbons (Fsp3) is 0.111. The predicted molar refractivity (Wildman–Crippen MR) is 146 cm³/mol. The second kappa shape index (κ2) is 11.1. The molecule has 2 aromatic heterocycles. The Hall–Kier alpha value is -3.46. The lowest BCUT2D eigenvalue weighted by Crippen LogP contribution is -2.23. The van der Waals surface area contributed by atoms with E-state index in [1.54, 1.807) is 5.38 Å². The summed E-state index contributed by atoms with van der Waals surface area (Å²) in [7, 11) is 0. The Morgan fingerprint density at radius 1 is 1.00 bits per heavy atom. The van der Waals surface area contributed by atoms with Crippen LogP contribution in [0.4, 0.5) is 0 Å². The van der Waals surface area contributed by atoms with Crippen LogP contribution >= 0.6 is 34.7 Å². The molecule has 0 bridgehead atoms. The van der Waals surface area contributed by atoms with Crippen LogP contribution in [0.3, 0.4) is 0 Å². The summed E-state index contributed by atoms with van der Waals surface area (Å²) in [4.78, 5) is 17.1. The highest BCUT2D eigenvalue weighted by Crippen LogP contribution is 2.34. The Labute approximate surface area is 222 Å². The van der Waals surface area contributed by atoms with E-state index in [2.05, 4.69) is 33.5 Å². The van der Waals surface area contributed by atoms with Crippen molar-refractivity contribution in [3.63, 3.8) is 0 Å². The van der Waals surface area contributed by atoms with Crippen LogP contribution in [0.5, 0.6) is 0 Å². The molecule has 5 rings (SSSR count). The van der Waals surface area contributed by atoms with Crippen LogP contribution in [0.2, 0.25) is 5.02 Å². The van der Waals surface area contributed by atoms with Crippen molar-refractivity contribution < 1.29 is 4.79 Å². The zero-order valence-electron chi connectivity index (χ0n) is 19.4. The van der Waals surface area contributed by atoms with Gasteiger partial charge in [0.1, 0.15) is 10.7 Å². The number of amides is 1. The Balaban J connectivity index is 1.35. The largest absolute Gasteiger partial charge is 0.347 e. The first-order valence-corrected chi connectivity index (χ1v) is 13.5. The van der Waals surface area contributed by atoms with Gasteiger partial charge in [0.2, 0.25) is 0 Å². The molecule has 9 heteroatoms. The number of nitrogens with zero attached hydrogens (tertiary/aromatic N) is 4. The van der Waals surface area contributed by atoms with Crippen molar-refractivity contribution in [2.24, 2.45) is 0 Å². The van der Waals surface area contributed by atoms with Crippen molar-refractivity contribution in [2.45, 2.75) is 24.4 Å². The van der Waals surface area contributed by atoms with Crippen LogP contribution in [0.1, 0.15) is 26.6 Å². The molecular weight excluding hydrogens is 510 g/mol. The number of aromatic nitrogens is 4. The molecule has 0 fully saturated rings. The number of thiazole rings is 1. The first kappa shape index (κ1) is 24.2. The van der Waals surface area contributed by atoms with Crippen LogP contribution in [0.15, 0.2) is 89.4 Å². The smallest absolute Gasteiger partial charge is 0.271 e. The summed E-state index contributed by atoms with van der Waals surface area (Å²) >= 11 is 9.48. The van der Waals surface area contributed by atoms with Gasteiger partial charge >= 0.3 is 0 Å². The molecule has 2 heterocycles. The summed E-state index contributed by atoms with van der Waals surface area (Å²) < 4.78 is 2.03. The number of hydrogen-bond donors (Lipinski definition) is 1. The SMILES string of the molecule is Cc1ccccc1-n1c(SCc2nc(C(=O)NCc3ccccc3)cs2)nnc1-c1ccccc1Cl. The van der Waals surface area contributed by atoms with Crippen LogP contribution in [0, 0.1) is 6.92 Å². The number of nitrogens with one attached hydrogen (secondary N) is 1. The summed E-state index contributed by atoms with van der Waals surface area (Å²) in [5.41, 5.74) is 4.36. The molecule has 1 amide bonds. The molecular formula is C27H22ClN5OS2. The number of hydrogen-bond acceptors (Lipinski definition) is 6. The minimum Gasteiger partial charge on any atom is -0.347 e. The maximum absolute atomic E-state index is 12.6. The lowest BCUT2D eigenvalue weighted by molar-refractivity contribution is 0.0946. The third-order valence-corrected chi connectivity index (χ3v) is 7.81. The Morgan fingerprint density at radius 2 is 1.75 bits per heavy atom. The molecule has 0 atom stereocenters. The molecule has 0 saturated heterocycles. The van der Waals surface area contributed by atoms with Crippen LogP contribution in [-0.2, 0) is 12.3 Å². The quantitative estimate of drug-likeness (QED) is 0.229. The van der Waals surface area contributed by atoms with Gasteiger partial charge in [-0.15, -0.1) is 21.5 Å². The maximum Gasteiger partial charge on any atom is 0.271 e. The summed E-state index contributed by atoms with van der Waals surface area (Å²) in [6, 6.07) is 25.5. The first-order valence-electron chi connectivity index (χ1n) is 11.3. The molecule has 5 aromatic rings. The van der Waals surface area contributed by atoms with Gasteiger partial charge in [-0.3, -0.25) is 9.36 Å². The molecule has 0 radical (unpaired) electrons. The van der Waals surface area contributed by atoms with Gasteiger partial charge in [0.05, 0.1) is 16.5 Å². The number of carbonyl (C=O) groups excluding carboxylic acids is 1. The highest BCUT2D eigenvalue weighted by atomic mass is 35.5. The van der Waals surface area contributed by atoms with Gasteiger partial charge in [0.15, 0.2) is 11.0 Å². The molecule has 0 unspecified atom stereocenters. The molecule has 0 spiro atoms. The van der Waals surface area contributed by atoms with E-state index in [-0.39, 0.29) is 5.91 Å². The summed E-state index contributed by atoms with van der Waals surface area (Å²) in [6.07, 6.45) is 0. The number of halogens is 1. The van der Waals surface area contributed by atoms with Crippen LogP contribution in [-0.4, -0.2) is 25.7 Å². The van der Waals surface area contributed by atoms with E-state index in [0.29, 0.717) is 28.8 Å². The van der Waals surface area contributed by atoms with E-state index in [1.165, 1.54) is 23.1 Å². The number of carbonyl (C=O) groups is 1. The van der Waals surface area contributed by atoms with Gasteiger partial charge in [0, 0.05) is 17.5 Å². The van der Waals surface area contributed by atoms with Crippen molar-refractivity contribution in [3.8, 4) is 17.1 Å². The number of para-hydroxylation sites is 1. The van der Waals surface area contributed by atoms with E-state index < -0.39 is 0 Å². The van der Waals surface area contributed by atoms with E-state index in [1.807, 2.05) is 77.4 Å². The molecule has 180 valence electrons. The minimum absolute atomic E-state index is 0.185. The second-order valence-corrected chi connectivity index (χ2v) is 10.3. The number of thioether (sulfide) groups is 1. The van der Waals surface area contributed by atoms with Crippen molar-refractivity contribution in [3.05, 3.63) is 111 Å². The van der Waals surface area contributed by atoms with Crippen molar-refractivity contribution >= 4 is 40.6 Å². The standard InChI is InChI=1S/C27H22ClN5OS2/c1-18-9-5-8-14-23(18)33-25(20-12-6-7-13-21(20)28)31-32-27(33)36-17-24-30-22(16-35-24)26(34)29-15-19-10-3-2-4-11-19/h2-14,16H,15,17H2,1H3,(H,29,34). The molecule has 36 heavy (non-hydrogen) atoms. The maximum atomic E-state index is 12.6. The van der Waals surface area contributed by atoms with Crippen molar-refractivity contribution in [1.82, 2.24) is 25.1 Å². The predicted octanol–water partition coefficient (Wildman–Crippen LogP) is 6.57. The number of benzene rings is 3. The van der Waals surface area contributed by atoms with Gasteiger partial charge in [0.25, 0.3) is 5.91 Å². The lowest BCUT2D eigenvalue weighted by atomic mass is 10.1. The van der Waals surface area contributed by atoms with Gasteiger partial charge in [-0.05, 0) is 36.2 Å². The molecule has 0 aliphatic heterocycles. The van der Waals surface area contributed by atoms with Crippen molar-refractivity contribution in [1.29, 1.82) is 0 Å². The van der Waals surface area contributed by atoms with Crippen LogP contribution < -0.4 is 5.32 Å². The van der Waals surface area contributed by atoms with Gasteiger partial charge in [-0.2, -0.15) is 0 Å². The molecule has 3 aromatic carbocycles. The number of rotatable bonds is 8. The fourth-order valence-corrected chi connectivity index (χ4v) is 5.65. The molecule has 0 saturated carbocycles. The van der Waals surface area contributed by atoms with E-state index in [9.17, 15) is 4.79 Å². The molecule has 1 N–H and O–H groups in total.